The van der Waals surface area contributed by atoms with E-state index in [0.717, 1.165) is 6.54 Å². The molecule has 0 atom stereocenters. The molecule has 0 aliphatic rings. The Morgan fingerprint density at radius 2 is 1.44 bits per heavy atom. The lowest BCUT2D eigenvalue weighted by Crippen LogP contribution is -2.46. The standard InChI is InChI=1S/C8H20N2.C5H5N/c1-8(2,10(5)6)7-9(3)4;1-2-4-6-5-3-1/h7H2,1-6H3;1-5H. The fourth-order valence-corrected chi connectivity index (χ4v) is 1.23. The van der Waals surface area contributed by atoms with Gasteiger partial charge in [0.25, 0.3) is 0 Å². The van der Waals surface area contributed by atoms with E-state index in [-0.39, 0.29) is 5.54 Å². The zero-order valence-corrected chi connectivity index (χ0v) is 11.4. The van der Waals surface area contributed by atoms with Gasteiger partial charge < -0.3 is 9.80 Å². The maximum absolute atomic E-state index is 3.78. The van der Waals surface area contributed by atoms with E-state index in [2.05, 4.69) is 56.8 Å². The Morgan fingerprint density at radius 1 is 0.938 bits per heavy atom. The van der Waals surface area contributed by atoms with Crippen LogP contribution in [0.4, 0.5) is 0 Å². The molecular weight excluding hydrogens is 198 g/mol. The maximum Gasteiger partial charge on any atom is 0.0273 e. The second-order valence-corrected chi connectivity index (χ2v) is 4.97. The number of rotatable bonds is 3. The molecule has 16 heavy (non-hydrogen) atoms. The molecule has 0 aliphatic carbocycles. The zero-order chi connectivity index (χ0) is 12.6. The van der Waals surface area contributed by atoms with Crippen molar-refractivity contribution in [3.8, 4) is 0 Å². The van der Waals surface area contributed by atoms with Crippen LogP contribution in [0, 0.1) is 0 Å². The highest BCUT2D eigenvalue weighted by atomic mass is 15.2. The average molecular weight is 223 g/mol. The van der Waals surface area contributed by atoms with Gasteiger partial charge in [0, 0.05) is 24.5 Å². The van der Waals surface area contributed by atoms with E-state index in [4.69, 9.17) is 0 Å². The van der Waals surface area contributed by atoms with Crippen molar-refractivity contribution in [2.75, 3.05) is 34.7 Å². The summed E-state index contributed by atoms with van der Waals surface area (Å²) < 4.78 is 0. The number of aromatic nitrogens is 1. The molecule has 0 bridgehead atoms. The molecule has 3 heteroatoms. The first-order valence-corrected chi connectivity index (χ1v) is 5.53. The maximum atomic E-state index is 3.78. The molecule has 0 aliphatic heterocycles. The monoisotopic (exact) mass is 223 g/mol. The van der Waals surface area contributed by atoms with Gasteiger partial charge in [0.05, 0.1) is 0 Å². The van der Waals surface area contributed by atoms with Crippen molar-refractivity contribution < 1.29 is 0 Å². The highest BCUT2D eigenvalue weighted by Crippen LogP contribution is 2.09. The van der Waals surface area contributed by atoms with Gasteiger partial charge in [-0.1, -0.05) is 6.07 Å². The van der Waals surface area contributed by atoms with Crippen LogP contribution >= 0.6 is 0 Å². The van der Waals surface area contributed by atoms with Gasteiger partial charge in [-0.05, 0) is 54.2 Å². The first kappa shape index (κ1) is 15.1. The van der Waals surface area contributed by atoms with Crippen LogP contribution in [0.2, 0.25) is 0 Å². The predicted octanol–water partition coefficient (Wildman–Crippen LogP) is 1.97. The minimum Gasteiger partial charge on any atom is -0.308 e. The summed E-state index contributed by atoms with van der Waals surface area (Å²) in [6.45, 7) is 5.58. The number of pyridine rings is 1. The third kappa shape index (κ3) is 7.37. The third-order valence-electron chi connectivity index (χ3n) is 2.48. The molecule has 0 fully saturated rings. The van der Waals surface area contributed by atoms with Crippen LogP contribution in [0.1, 0.15) is 13.8 Å². The normalized spacial score (nSPS) is 11.2. The van der Waals surface area contributed by atoms with Gasteiger partial charge in [0.15, 0.2) is 0 Å². The summed E-state index contributed by atoms with van der Waals surface area (Å²) in [5.74, 6) is 0. The van der Waals surface area contributed by atoms with E-state index < -0.39 is 0 Å². The molecule has 0 radical (unpaired) electrons. The molecule has 0 spiro atoms. The molecule has 0 saturated carbocycles. The summed E-state index contributed by atoms with van der Waals surface area (Å²) in [6.07, 6.45) is 3.50. The van der Waals surface area contributed by atoms with Crippen molar-refractivity contribution in [2.45, 2.75) is 19.4 Å². The van der Waals surface area contributed by atoms with Gasteiger partial charge >= 0.3 is 0 Å². The molecule has 1 rings (SSSR count). The number of nitrogens with zero attached hydrogens (tertiary/aromatic N) is 3. The Morgan fingerprint density at radius 3 is 1.56 bits per heavy atom. The van der Waals surface area contributed by atoms with E-state index in [0.29, 0.717) is 0 Å². The van der Waals surface area contributed by atoms with Crippen molar-refractivity contribution in [2.24, 2.45) is 0 Å². The van der Waals surface area contributed by atoms with E-state index in [1.54, 1.807) is 12.4 Å². The summed E-state index contributed by atoms with van der Waals surface area (Å²) in [7, 11) is 8.43. The van der Waals surface area contributed by atoms with Crippen LogP contribution in [-0.4, -0.2) is 55.1 Å². The quantitative estimate of drug-likeness (QED) is 0.781. The molecule has 0 unspecified atom stereocenters. The topological polar surface area (TPSA) is 19.4 Å². The summed E-state index contributed by atoms with van der Waals surface area (Å²) in [5, 5.41) is 0. The highest BCUT2D eigenvalue weighted by Gasteiger charge is 2.20. The van der Waals surface area contributed by atoms with Crippen LogP contribution in [0.25, 0.3) is 0 Å². The van der Waals surface area contributed by atoms with Gasteiger partial charge in [-0.15, -0.1) is 0 Å². The lowest BCUT2D eigenvalue weighted by atomic mass is 10.0. The molecule has 1 aromatic heterocycles. The second kappa shape index (κ2) is 7.36. The smallest absolute Gasteiger partial charge is 0.0273 e. The predicted molar refractivity (Wildman–Crippen MR) is 70.6 cm³/mol. The minimum absolute atomic E-state index is 0.281. The minimum atomic E-state index is 0.281. The summed E-state index contributed by atoms with van der Waals surface area (Å²) in [6, 6.07) is 5.72. The Bertz CT molecular complexity index is 228. The molecule has 0 saturated heterocycles. The zero-order valence-electron chi connectivity index (χ0n) is 11.4. The molecule has 92 valence electrons. The van der Waals surface area contributed by atoms with Crippen molar-refractivity contribution in [3.63, 3.8) is 0 Å². The lowest BCUT2D eigenvalue weighted by molar-refractivity contribution is 0.148. The average Bonchev–Trinajstić information content (AvgIpc) is 2.19. The Balaban J connectivity index is 0.000000315. The third-order valence-corrected chi connectivity index (χ3v) is 2.48. The van der Waals surface area contributed by atoms with E-state index in [1.165, 1.54) is 0 Å². The van der Waals surface area contributed by atoms with Crippen molar-refractivity contribution in [3.05, 3.63) is 30.6 Å². The molecule has 0 N–H and O–H groups in total. The van der Waals surface area contributed by atoms with Crippen LogP contribution in [0.3, 0.4) is 0 Å². The van der Waals surface area contributed by atoms with Gasteiger partial charge in [-0.3, -0.25) is 4.98 Å². The Labute approximate surface area is 100 Å². The van der Waals surface area contributed by atoms with Gasteiger partial charge in [0.2, 0.25) is 0 Å². The van der Waals surface area contributed by atoms with Crippen LogP contribution in [-0.2, 0) is 0 Å². The first-order chi connectivity index (χ1) is 7.36. The van der Waals surface area contributed by atoms with Crippen LogP contribution < -0.4 is 0 Å². The number of hydrogen-bond acceptors (Lipinski definition) is 3. The first-order valence-electron chi connectivity index (χ1n) is 5.53. The molecule has 0 aromatic carbocycles. The van der Waals surface area contributed by atoms with Gasteiger partial charge in [-0.25, -0.2) is 0 Å². The van der Waals surface area contributed by atoms with Crippen molar-refractivity contribution in [1.82, 2.24) is 14.8 Å². The van der Waals surface area contributed by atoms with E-state index in [1.807, 2.05) is 18.2 Å². The fraction of sp³-hybridized carbons (Fsp3) is 0.615. The lowest BCUT2D eigenvalue weighted by Gasteiger charge is -2.34. The van der Waals surface area contributed by atoms with Gasteiger partial charge in [0.1, 0.15) is 0 Å². The molecular formula is C13H25N3. The second-order valence-electron chi connectivity index (χ2n) is 4.97. The van der Waals surface area contributed by atoms with Crippen molar-refractivity contribution >= 4 is 0 Å². The molecule has 3 nitrogen and oxygen atoms in total. The Kier molecular flexibility index (Phi) is 6.93. The van der Waals surface area contributed by atoms with E-state index in [9.17, 15) is 0 Å². The van der Waals surface area contributed by atoms with Gasteiger partial charge in [-0.2, -0.15) is 0 Å². The van der Waals surface area contributed by atoms with Crippen molar-refractivity contribution in [1.29, 1.82) is 0 Å². The largest absolute Gasteiger partial charge is 0.308 e. The Hall–Kier alpha value is -0.930. The molecule has 0 amide bonds. The number of hydrogen-bond donors (Lipinski definition) is 0. The SMILES string of the molecule is CN(C)CC(C)(C)N(C)C.c1ccncc1. The molecule has 1 aromatic rings. The van der Waals surface area contributed by atoms with Crippen LogP contribution in [0.15, 0.2) is 30.6 Å². The van der Waals surface area contributed by atoms with E-state index >= 15 is 0 Å². The fourth-order valence-electron chi connectivity index (χ4n) is 1.23. The number of likely N-dealkylation sites (N-methyl/N-ethyl adjacent to an activating group) is 2. The highest BCUT2D eigenvalue weighted by molar-refractivity contribution is 4.88. The summed E-state index contributed by atoms with van der Waals surface area (Å²) in [5.41, 5.74) is 0.281. The summed E-state index contributed by atoms with van der Waals surface area (Å²) in [4.78, 5) is 8.24. The molecule has 1 heterocycles. The summed E-state index contributed by atoms with van der Waals surface area (Å²) >= 11 is 0. The van der Waals surface area contributed by atoms with Crippen LogP contribution in [0.5, 0.6) is 0 Å².